The number of aryl methyl sites for hydroxylation is 1. The van der Waals surface area contributed by atoms with Crippen molar-refractivity contribution >= 4 is 33.8 Å². The summed E-state index contributed by atoms with van der Waals surface area (Å²) < 4.78 is 1.76. The van der Waals surface area contributed by atoms with E-state index in [0.29, 0.717) is 5.75 Å². The minimum absolute atomic E-state index is 0.297. The standard InChI is InChI=1S/C8H7NOS2/c1-4-2-5(10)3-6-7(4)9-8(11)12-6/h2-3,10H,1H3,(H,9,11). The molecule has 1 aromatic carbocycles. The molecule has 0 unspecified atom stereocenters. The maximum absolute atomic E-state index is 9.28. The van der Waals surface area contributed by atoms with Crippen LogP contribution in [0.1, 0.15) is 5.56 Å². The Balaban J connectivity index is 2.97. The second-order valence-corrected chi connectivity index (χ2v) is 4.37. The summed E-state index contributed by atoms with van der Waals surface area (Å²) in [6, 6.07) is 3.44. The first kappa shape index (κ1) is 7.76. The van der Waals surface area contributed by atoms with Gasteiger partial charge in [0.05, 0.1) is 10.2 Å². The van der Waals surface area contributed by atoms with E-state index in [1.807, 2.05) is 6.92 Å². The van der Waals surface area contributed by atoms with Crippen LogP contribution in [0.5, 0.6) is 5.75 Å². The fourth-order valence-corrected chi connectivity index (χ4v) is 2.42. The zero-order valence-corrected chi connectivity index (χ0v) is 8.05. The third-order valence-corrected chi connectivity index (χ3v) is 2.90. The third-order valence-electron chi connectivity index (χ3n) is 1.71. The molecule has 0 spiro atoms. The van der Waals surface area contributed by atoms with E-state index in [1.54, 1.807) is 12.1 Å². The number of aromatic hydroxyl groups is 1. The van der Waals surface area contributed by atoms with Crippen LogP contribution in [0.4, 0.5) is 0 Å². The molecule has 62 valence electrons. The Labute approximate surface area is 78.5 Å². The summed E-state index contributed by atoms with van der Waals surface area (Å²) in [5.41, 5.74) is 2.06. The fraction of sp³-hybridized carbons (Fsp3) is 0.125. The van der Waals surface area contributed by atoms with Crippen LogP contribution in [-0.2, 0) is 0 Å². The largest absolute Gasteiger partial charge is 0.508 e. The number of benzene rings is 1. The van der Waals surface area contributed by atoms with Gasteiger partial charge in [0.1, 0.15) is 5.75 Å². The van der Waals surface area contributed by atoms with Crippen LogP contribution in [0.15, 0.2) is 12.1 Å². The predicted octanol–water partition coefficient (Wildman–Crippen LogP) is 2.97. The number of hydrogen-bond acceptors (Lipinski definition) is 3. The molecule has 2 N–H and O–H groups in total. The molecule has 0 radical (unpaired) electrons. The van der Waals surface area contributed by atoms with Gasteiger partial charge in [-0.25, -0.2) is 0 Å². The van der Waals surface area contributed by atoms with Crippen molar-refractivity contribution in [1.82, 2.24) is 4.98 Å². The lowest BCUT2D eigenvalue weighted by atomic mass is 10.2. The molecular formula is C8H7NOS2. The lowest BCUT2D eigenvalue weighted by molar-refractivity contribution is 0.476. The smallest absolute Gasteiger partial charge is 0.159 e. The number of hydrogen-bond donors (Lipinski definition) is 2. The Morgan fingerprint density at radius 3 is 3.00 bits per heavy atom. The average molecular weight is 197 g/mol. The van der Waals surface area contributed by atoms with E-state index in [4.69, 9.17) is 12.2 Å². The molecule has 4 heteroatoms. The van der Waals surface area contributed by atoms with Crippen molar-refractivity contribution in [3.8, 4) is 5.75 Å². The summed E-state index contributed by atoms with van der Waals surface area (Å²) in [4.78, 5) is 3.08. The molecule has 2 nitrogen and oxygen atoms in total. The van der Waals surface area contributed by atoms with Gasteiger partial charge < -0.3 is 10.1 Å². The molecule has 0 atom stereocenters. The van der Waals surface area contributed by atoms with Crippen molar-refractivity contribution in [1.29, 1.82) is 0 Å². The molecule has 0 aliphatic heterocycles. The molecule has 0 saturated carbocycles. The summed E-state index contributed by atoms with van der Waals surface area (Å²) in [7, 11) is 0. The molecule has 0 saturated heterocycles. The van der Waals surface area contributed by atoms with Gasteiger partial charge >= 0.3 is 0 Å². The summed E-state index contributed by atoms with van der Waals surface area (Å²) in [6.45, 7) is 1.94. The Hall–Kier alpha value is -0.870. The van der Waals surface area contributed by atoms with Crippen molar-refractivity contribution in [3.05, 3.63) is 21.7 Å². The molecule has 0 amide bonds. The van der Waals surface area contributed by atoms with Crippen molar-refractivity contribution in [2.24, 2.45) is 0 Å². The fourth-order valence-electron chi connectivity index (χ4n) is 1.20. The lowest BCUT2D eigenvalue weighted by Gasteiger charge is -1.95. The molecule has 12 heavy (non-hydrogen) atoms. The van der Waals surface area contributed by atoms with Gasteiger partial charge in [0.25, 0.3) is 0 Å². The molecule has 0 aliphatic rings. The SMILES string of the molecule is Cc1cc(O)cc2sc(=S)[nH]c12. The lowest BCUT2D eigenvalue weighted by Crippen LogP contribution is -1.75. The topological polar surface area (TPSA) is 36.0 Å². The maximum atomic E-state index is 9.28. The minimum Gasteiger partial charge on any atom is -0.508 e. The third kappa shape index (κ3) is 1.13. The molecule has 2 aromatic rings. The van der Waals surface area contributed by atoms with Crippen molar-refractivity contribution in [2.45, 2.75) is 6.92 Å². The monoisotopic (exact) mass is 197 g/mol. The predicted molar refractivity (Wildman–Crippen MR) is 53.4 cm³/mol. The molecule has 1 heterocycles. The number of rotatable bonds is 0. The van der Waals surface area contributed by atoms with E-state index in [0.717, 1.165) is 19.7 Å². The maximum Gasteiger partial charge on any atom is 0.159 e. The van der Waals surface area contributed by atoms with Gasteiger partial charge in [-0.15, -0.1) is 11.3 Å². The van der Waals surface area contributed by atoms with Gasteiger partial charge in [0.15, 0.2) is 3.95 Å². The quantitative estimate of drug-likeness (QED) is 0.637. The van der Waals surface area contributed by atoms with Gasteiger partial charge in [0, 0.05) is 0 Å². The first-order chi connectivity index (χ1) is 5.66. The number of phenolic OH excluding ortho intramolecular Hbond substituents is 1. The van der Waals surface area contributed by atoms with Gasteiger partial charge in [0.2, 0.25) is 0 Å². The average Bonchev–Trinajstić information content (AvgIpc) is 2.29. The zero-order valence-electron chi connectivity index (χ0n) is 6.42. The number of H-pyrrole nitrogens is 1. The number of thiazole rings is 1. The van der Waals surface area contributed by atoms with Crippen LogP contribution in [0, 0.1) is 10.9 Å². The molecule has 0 aliphatic carbocycles. The Morgan fingerprint density at radius 1 is 1.50 bits per heavy atom. The van der Waals surface area contributed by atoms with E-state index in [1.165, 1.54) is 11.3 Å². The highest BCUT2D eigenvalue weighted by Crippen LogP contribution is 2.26. The summed E-state index contributed by atoms with van der Waals surface area (Å²) in [5, 5.41) is 9.28. The molecule has 1 aromatic heterocycles. The van der Waals surface area contributed by atoms with Crippen molar-refractivity contribution in [3.63, 3.8) is 0 Å². The van der Waals surface area contributed by atoms with Gasteiger partial charge in [-0.05, 0) is 36.8 Å². The minimum atomic E-state index is 0.297. The highest BCUT2D eigenvalue weighted by Gasteiger charge is 2.01. The van der Waals surface area contributed by atoms with E-state index in [9.17, 15) is 5.11 Å². The van der Waals surface area contributed by atoms with E-state index in [2.05, 4.69) is 4.98 Å². The number of aromatic amines is 1. The van der Waals surface area contributed by atoms with Crippen LogP contribution in [-0.4, -0.2) is 10.1 Å². The van der Waals surface area contributed by atoms with E-state index < -0.39 is 0 Å². The number of nitrogens with one attached hydrogen (secondary N) is 1. The first-order valence-corrected chi connectivity index (χ1v) is 4.72. The second kappa shape index (κ2) is 2.57. The highest BCUT2D eigenvalue weighted by atomic mass is 32.1. The first-order valence-electron chi connectivity index (χ1n) is 3.49. The molecule has 2 rings (SSSR count). The van der Waals surface area contributed by atoms with Gasteiger partial charge in [-0.1, -0.05) is 0 Å². The number of fused-ring (bicyclic) bond motifs is 1. The molecule has 0 fully saturated rings. The Kier molecular flexibility index (Phi) is 1.66. The van der Waals surface area contributed by atoms with Crippen LogP contribution in [0.3, 0.4) is 0 Å². The van der Waals surface area contributed by atoms with Crippen LogP contribution >= 0.6 is 23.6 Å². The van der Waals surface area contributed by atoms with E-state index >= 15 is 0 Å². The molecule has 0 bridgehead atoms. The second-order valence-electron chi connectivity index (χ2n) is 2.65. The van der Waals surface area contributed by atoms with Crippen LogP contribution in [0.25, 0.3) is 10.2 Å². The Bertz CT molecular complexity index is 483. The number of aromatic nitrogens is 1. The van der Waals surface area contributed by atoms with Gasteiger partial charge in [-0.3, -0.25) is 0 Å². The Morgan fingerprint density at radius 2 is 2.25 bits per heavy atom. The normalized spacial score (nSPS) is 10.8. The van der Waals surface area contributed by atoms with E-state index in [-0.39, 0.29) is 0 Å². The summed E-state index contributed by atoms with van der Waals surface area (Å²) in [6.07, 6.45) is 0. The molecular weight excluding hydrogens is 190 g/mol. The van der Waals surface area contributed by atoms with Crippen LogP contribution in [0.2, 0.25) is 0 Å². The highest BCUT2D eigenvalue weighted by molar-refractivity contribution is 7.73. The van der Waals surface area contributed by atoms with Crippen molar-refractivity contribution < 1.29 is 5.11 Å². The zero-order chi connectivity index (χ0) is 8.72. The summed E-state index contributed by atoms with van der Waals surface area (Å²) >= 11 is 6.48. The van der Waals surface area contributed by atoms with Crippen molar-refractivity contribution in [2.75, 3.05) is 0 Å². The summed E-state index contributed by atoms with van der Waals surface area (Å²) in [5.74, 6) is 0.297. The van der Waals surface area contributed by atoms with Crippen LogP contribution < -0.4 is 0 Å². The number of phenols is 1. The van der Waals surface area contributed by atoms with Gasteiger partial charge in [-0.2, -0.15) is 0 Å².